The number of hydrogen-bond donors (Lipinski definition) is 0. The van der Waals surface area contributed by atoms with E-state index < -0.39 is 10.0 Å². The molecule has 1 saturated heterocycles. The Kier molecular flexibility index (Phi) is 42.6. The van der Waals surface area contributed by atoms with E-state index in [1.807, 2.05) is 4.31 Å². The van der Waals surface area contributed by atoms with Gasteiger partial charge in [0.2, 0.25) is 10.0 Å². The van der Waals surface area contributed by atoms with Crippen molar-refractivity contribution in [1.29, 1.82) is 0 Å². The molecule has 67 heavy (non-hydrogen) atoms. The summed E-state index contributed by atoms with van der Waals surface area (Å²) in [6.45, 7) is 15.1. The zero-order valence-corrected chi connectivity index (χ0v) is 46.4. The third-order valence-corrected chi connectivity index (χ3v) is 16.8. The van der Waals surface area contributed by atoms with E-state index in [1.165, 1.54) is 109 Å². The fourth-order valence-electron chi connectivity index (χ4n) is 10.4. The molecule has 0 aromatic carbocycles. The highest BCUT2D eigenvalue weighted by Crippen LogP contribution is 2.27. The fourth-order valence-corrected chi connectivity index (χ4v) is 12.3. The van der Waals surface area contributed by atoms with Gasteiger partial charge < -0.3 is 14.4 Å². The third kappa shape index (κ3) is 36.4. The first-order valence-electron chi connectivity index (χ1n) is 29.6. The molecule has 0 N–H and O–H groups in total. The first-order chi connectivity index (χ1) is 32.6. The largest absolute Gasteiger partial charge is 0.465 e. The molecule has 0 bridgehead atoms. The summed E-state index contributed by atoms with van der Waals surface area (Å²) in [4.78, 5) is 27.7. The highest BCUT2D eigenvalue weighted by Gasteiger charge is 2.32. The van der Waals surface area contributed by atoms with Gasteiger partial charge >= 0.3 is 11.9 Å². The second-order valence-electron chi connectivity index (χ2n) is 21.5. The minimum atomic E-state index is -3.37. The Morgan fingerprint density at radius 3 is 1.33 bits per heavy atom. The van der Waals surface area contributed by atoms with E-state index in [4.69, 9.17) is 9.47 Å². The molecule has 8 nitrogen and oxygen atoms in total. The van der Waals surface area contributed by atoms with Crippen LogP contribution in [0.1, 0.15) is 291 Å². The van der Waals surface area contributed by atoms with Crippen molar-refractivity contribution in [3.8, 4) is 0 Å². The van der Waals surface area contributed by atoms with Crippen LogP contribution in [0, 0.1) is 17.8 Å². The Hall–Kier alpha value is -1.19. The Bertz CT molecular complexity index is 1180. The smallest absolute Gasteiger partial charge is 0.305 e. The topological polar surface area (TPSA) is 93.2 Å². The molecule has 3 atom stereocenters. The van der Waals surface area contributed by atoms with E-state index in [-0.39, 0.29) is 23.7 Å². The molecule has 0 spiro atoms. The molecule has 3 unspecified atom stereocenters. The van der Waals surface area contributed by atoms with E-state index >= 15 is 0 Å². The average Bonchev–Trinajstić information content (AvgIpc) is 3.31. The number of rotatable bonds is 49. The number of piperidine rings is 1. The number of nitrogens with zero attached hydrogens (tertiary/aromatic N) is 2. The Labute approximate surface area is 417 Å². The summed E-state index contributed by atoms with van der Waals surface area (Å²) in [5.41, 5.74) is 0. The first kappa shape index (κ1) is 63.8. The van der Waals surface area contributed by atoms with Crippen LogP contribution in [0.15, 0.2) is 0 Å². The molecule has 1 aliphatic rings. The number of ether oxygens (including phenoxy) is 2. The monoisotopic (exact) mass is 967 g/mol. The number of carbonyl (C=O) groups is 2. The maximum absolute atomic E-state index is 14.4. The SMILES string of the molecule is CCCCCCCCS(=O)(=O)N(CC1CCCN(C)C1)C(CCCCCCCCC(=O)OCC(CCCC)CCCCCC)CCCCCCCCC(=O)OCC(CCCC)CCCCCC. The summed E-state index contributed by atoms with van der Waals surface area (Å²) in [5.74, 6) is 1.62. The molecule has 1 rings (SSSR count). The predicted molar refractivity (Wildman–Crippen MR) is 287 cm³/mol. The number of esters is 2. The molecule has 0 aromatic heterocycles. The second-order valence-corrected chi connectivity index (χ2v) is 23.5. The zero-order valence-electron chi connectivity index (χ0n) is 45.6. The lowest BCUT2D eigenvalue weighted by atomic mass is 9.96. The van der Waals surface area contributed by atoms with Crippen molar-refractivity contribution in [3.05, 3.63) is 0 Å². The number of sulfonamides is 1. The fraction of sp³-hybridized carbons (Fsp3) is 0.966. The molecule has 1 heterocycles. The molecular formula is C58H114N2O6S. The van der Waals surface area contributed by atoms with Crippen molar-refractivity contribution >= 4 is 22.0 Å². The standard InChI is InChI=1S/C58H114N2O6S/c1-7-12-17-20-29-36-48-67(63,64)60(50-55-42-37-47-59(6)49-55)56(43-32-25-21-23-27-34-45-57(61)65-51-53(38-15-10-4)40-30-18-13-8-2)44-33-26-22-24-28-35-46-58(62)66-52-54(39-16-11-5)41-31-19-14-9-3/h53-56H,7-52H2,1-6H3. The van der Waals surface area contributed by atoms with E-state index in [9.17, 15) is 18.0 Å². The molecule has 0 aromatic rings. The Morgan fingerprint density at radius 2 is 0.881 bits per heavy atom. The summed E-state index contributed by atoms with van der Waals surface area (Å²) < 4.78 is 42.4. The van der Waals surface area contributed by atoms with Gasteiger partial charge in [0.1, 0.15) is 0 Å². The summed E-state index contributed by atoms with van der Waals surface area (Å²) in [7, 11) is -1.19. The van der Waals surface area contributed by atoms with Crippen LogP contribution < -0.4 is 0 Å². The van der Waals surface area contributed by atoms with Gasteiger partial charge in [-0.05, 0) is 102 Å². The minimum Gasteiger partial charge on any atom is -0.465 e. The normalized spacial score (nSPS) is 16.1. The molecule has 0 saturated carbocycles. The van der Waals surface area contributed by atoms with Crippen LogP contribution in [0.2, 0.25) is 0 Å². The lowest BCUT2D eigenvalue weighted by molar-refractivity contribution is -0.146. The summed E-state index contributed by atoms with van der Waals surface area (Å²) >= 11 is 0. The van der Waals surface area contributed by atoms with E-state index in [0.29, 0.717) is 50.4 Å². The van der Waals surface area contributed by atoms with Crippen LogP contribution in [0.4, 0.5) is 0 Å². The maximum atomic E-state index is 14.4. The molecule has 1 fully saturated rings. The summed E-state index contributed by atoms with van der Waals surface area (Å²) in [6.07, 6.45) is 43.9. The van der Waals surface area contributed by atoms with Gasteiger partial charge in [-0.3, -0.25) is 9.59 Å². The van der Waals surface area contributed by atoms with E-state index in [0.717, 1.165) is 148 Å². The average molecular weight is 968 g/mol. The van der Waals surface area contributed by atoms with Gasteiger partial charge in [0.05, 0.1) is 19.0 Å². The molecule has 398 valence electrons. The first-order valence-corrected chi connectivity index (χ1v) is 31.2. The molecule has 9 heteroatoms. The highest BCUT2D eigenvalue weighted by atomic mass is 32.2. The van der Waals surface area contributed by atoms with Crippen molar-refractivity contribution in [2.75, 3.05) is 45.6 Å². The number of hydrogen-bond acceptors (Lipinski definition) is 7. The van der Waals surface area contributed by atoms with Gasteiger partial charge in [-0.2, -0.15) is 4.31 Å². The van der Waals surface area contributed by atoms with E-state index in [2.05, 4.69) is 46.6 Å². The van der Waals surface area contributed by atoms with Crippen LogP contribution in [0.3, 0.4) is 0 Å². The van der Waals surface area contributed by atoms with Crippen molar-refractivity contribution in [3.63, 3.8) is 0 Å². The lowest BCUT2D eigenvalue weighted by Crippen LogP contribution is -2.47. The van der Waals surface area contributed by atoms with Crippen molar-refractivity contribution < 1.29 is 27.5 Å². The van der Waals surface area contributed by atoms with Crippen LogP contribution in [0.25, 0.3) is 0 Å². The molecule has 0 amide bonds. The van der Waals surface area contributed by atoms with Crippen molar-refractivity contribution in [2.45, 2.75) is 297 Å². The third-order valence-electron chi connectivity index (χ3n) is 14.8. The van der Waals surface area contributed by atoms with Gasteiger partial charge in [-0.1, -0.05) is 208 Å². The van der Waals surface area contributed by atoms with Crippen molar-refractivity contribution in [2.24, 2.45) is 17.8 Å². The van der Waals surface area contributed by atoms with Crippen LogP contribution in [0.5, 0.6) is 0 Å². The van der Waals surface area contributed by atoms with Gasteiger partial charge in [0.15, 0.2) is 0 Å². The van der Waals surface area contributed by atoms with Crippen LogP contribution >= 0.6 is 0 Å². The number of unbranched alkanes of at least 4 members (excludes halogenated alkanes) is 23. The predicted octanol–water partition coefficient (Wildman–Crippen LogP) is 16.6. The van der Waals surface area contributed by atoms with Crippen molar-refractivity contribution in [1.82, 2.24) is 9.21 Å². The molecular weight excluding hydrogens is 853 g/mol. The quantitative estimate of drug-likeness (QED) is 0.0443. The van der Waals surface area contributed by atoms with Gasteiger partial charge in [0.25, 0.3) is 0 Å². The maximum Gasteiger partial charge on any atom is 0.305 e. The summed E-state index contributed by atoms with van der Waals surface area (Å²) in [6, 6.07) is 0.0578. The van der Waals surface area contributed by atoms with Crippen LogP contribution in [-0.2, 0) is 29.1 Å². The Morgan fingerprint density at radius 1 is 0.507 bits per heavy atom. The molecule has 1 aliphatic heterocycles. The van der Waals surface area contributed by atoms with Gasteiger partial charge in [0, 0.05) is 32.0 Å². The molecule has 0 aliphatic carbocycles. The summed E-state index contributed by atoms with van der Waals surface area (Å²) in [5, 5.41) is 0. The zero-order chi connectivity index (χ0) is 49.1. The highest BCUT2D eigenvalue weighted by molar-refractivity contribution is 7.89. The molecule has 0 radical (unpaired) electrons. The minimum absolute atomic E-state index is 0.0288. The van der Waals surface area contributed by atoms with E-state index in [1.54, 1.807) is 0 Å². The van der Waals surface area contributed by atoms with Gasteiger partial charge in [-0.15, -0.1) is 0 Å². The lowest BCUT2D eigenvalue weighted by Gasteiger charge is -2.37. The number of carbonyl (C=O) groups excluding carboxylic acids is 2. The van der Waals surface area contributed by atoms with Crippen LogP contribution in [-0.4, -0.2) is 81.3 Å². The number of likely N-dealkylation sites (tertiary alicyclic amines) is 1. The Balaban J connectivity index is 2.72. The second kappa shape index (κ2) is 44.7. The van der Waals surface area contributed by atoms with Gasteiger partial charge in [-0.25, -0.2) is 8.42 Å².